The normalized spacial score (nSPS) is 9.21. The summed E-state index contributed by atoms with van der Waals surface area (Å²) in [5.41, 5.74) is 2.04. The van der Waals surface area contributed by atoms with Crippen LogP contribution < -0.4 is 4.57 Å². The van der Waals surface area contributed by atoms with Crippen molar-refractivity contribution in [3.8, 4) is 11.8 Å². The molecular formula is C12H11N2+. The van der Waals surface area contributed by atoms with E-state index in [1.165, 1.54) is 0 Å². The topological polar surface area (TPSA) is 19.7 Å². The van der Waals surface area contributed by atoms with E-state index in [9.17, 15) is 0 Å². The molecule has 68 valence electrons. The molecule has 0 aliphatic carbocycles. The van der Waals surface area contributed by atoms with E-state index < -0.39 is 0 Å². The smallest absolute Gasteiger partial charge is 0.169 e. The van der Waals surface area contributed by atoms with E-state index in [0.29, 0.717) is 0 Å². The van der Waals surface area contributed by atoms with Crippen molar-refractivity contribution in [3.63, 3.8) is 0 Å². The number of hydrogen-bond acceptors (Lipinski definition) is 0. The maximum Gasteiger partial charge on any atom is 0.169 e. The first kappa shape index (κ1) is 8.58. The van der Waals surface area contributed by atoms with Crippen LogP contribution >= 0.6 is 0 Å². The summed E-state index contributed by atoms with van der Waals surface area (Å²) in [5, 5.41) is 0. The summed E-state index contributed by atoms with van der Waals surface area (Å²) in [7, 11) is 1.99. The summed E-state index contributed by atoms with van der Waals surface area (Å²) < 4.78 is 1.99. The number of aromatic amines is 1. The van der Waals surface area contributed by atoms with E-state index in [1.807, 2.05) is 54.6 Å². The molecule has 0 saturated heterocycles. The van der Waals surface area contributed by atoms with Crippen LogP contribution in [0.25, 0.3) is 0 Å². The molecule has 0 aromatic carbocycles. The highest BCUT2D eigenvalue weighted by atomic mass is 14.9. The largest absolute Gasteiger partial charge is 0.367 e. The monoisotopic (exact) mass is 183 g/mol. The zero-order chi connectivity index (χ0) is 9.80. The van der Waals surface area contributed by atoms with Crippen molar-refractivity contribution >= 4 is 0 Å². The van der Waals surface area contributed by atoms with Gasteiger partial charge in [0.25, 0.3) is 0 Å². The van der Waals surface area contributed by atoms with Gasteiger partial charge in [-0.1, -0.05) is 11.8 Å². The number of aryl methyl sites for hydroxylation is 1. The number of aromatic nitrogens is 2. The van der Waals surface area contributed by atoms with Gasteiger partial charge in [0.2, 0.25) is 0 Å². The molecule has 0 fully saturated rings. The average Bonchev–Trinajstić information content (AvgIpc) is 2.70. The van der Waals surface area contributed by atoms with Crippen molar-refractivity contribution in [2.75, 3.05) is 0 Å². The maximum absolute atomic E-state index is 3.09. The third-order valence-electron chi connectivity index (χ3n) is 1.93. The van der Waals surface area contributed by atoms with Crippen LogP contribution in [0.4, 0.5) is 0 Å². The van der Waals surface area contributed by atoms with Gasteiger partial charge in [-0.25, -0.2) is 4.57 Å². The van der Waals surface area contributed by atoms with E-state index in [1.54, 1.807) is 0 Å². The molecular weight excluding hydrogens is 172 g/mol. The van der Waals surface area contributed by atoms with Gasteiger partial charge in [0.05, 0.1) is 0 Å². The second-order valence-electron chi connectivity index (χ2n) is 3.10. The fraction of sp³-hybridized carbons (Fsp3) is 0.0833. The van der Waals surface area contributed by atoms with Crippen molar-refractivity contribution in [2.24, 2.45) is 7.05 Å². The van der Waals surface area contributed by atoms with Crippen LogP contribution in [0.5, 0.6) is 0 Å². The standard InChI is InChI=1S/C12H10N2/c1-14-8-5-11(6-9-14)2-3-12-4-7-13-10-12/h4-10H,1H3/p+1. The van der Waals surface area contributed by atoms with Crippen molar-refractivity contribution in [1.29, 1.82) is 0 Å². The molecule has 14 heavy (non-hydrogen) atoms. The minimum Gasteiger partial charge on any atom is -0.367 e. The van der Waals surface area contributed by atoms with E-state index in [-0.39, 0.29) is 0 Å². The Morgan fingerprint density at radius 3 is 2.43 bits per heavy atom. The van der Waals surface area contributed by atoms with Gasteiger partial charge in [-0.05, 0) is 6.07 Å². The molecule has 2 nitrogen and oxygen atoms in total. The Morgan fingerprint density at radius 2 is 1.79 bits per heavy atom. The fourth-order valence-electron chi connectivity index (χ4n) is 1.13. The molecule has 0 atom stereocenters. The van der Waals surface area contributed by atoms with Crippen LogP contribution in [-0.4, -0.2) is 4.98 Å². The lowest BCUT2D eigenvalue weighted by Gasteiger charge is -1.86. The molecule has 0 spiro atoms. The van der Waals surface area contributed by atoms with Crippen molar-refractivity contribution < 1.29 is 4.57 Å². The molecule has 1 N–H and O–H groups in total. The molecule has 0 aliphatic heterocycles. The van der Waals surface area contributed by atoms with Gasteiger partial charge in [-0.2, -0.15) is 0 Å². The van der Waals surface area contributed by atoms with Crippen molar-refractivity contribution in [3.05, 3.63) is 54.1 Å². The van der Waals surface area contributed by atoms with E-state index in [2.05, 4.69) is 16.8 Å². The van der Waals surface area contributed by atoms with Crippen LogP contribution in [0.3, 0.4) is 0 Å². The number of rotatable bonds is 0. The molecule has 0 saturated carbocycles. The zero-order valence-electron chi connectivity index (χ0n) is 7.99. The molecule has 0 bridgehead atoms. The minimum absolute atomic E-state index is 1.01. The minimum atomic E-state index is 1.01. The van der Waals surface area contributed by atoms with E-state index in [4.69, 9.17) is 0 Å². The fourth-order valence-corrected chi connectivity index (χ4v) is 1.13. The first-order chi connectivity index (χ1) is 6.84. The maximum atomic E-state index is 3.09. The van der Waals surface area contributed by atoms with Gasteiger partial charge in [0.1, 0.15) is 7.05 Å². The van der Waals surface area contributed by atoms with Crippen molar-refractivity contribution in [1.82, 2.24) is 4.98 Å². The molecule has 2 aromatic rings. The number of pyridine rings is 1. The van der Waals surface area contributed by atoms with Crippen LogP contribution in [0.2, 0.25) is 0 Å². The Labute approximate surface area is 83.2 Å². The Bertz CT molecular complexity index is 455. The predicted molar refractivity (Wildman–Crippen MR) is 54.4 cm³/mol. The third kappa shape index (κ3) is 2.02. The molecule has 0 radical (unpaired) electrons. The Morgan fingerprint density at radius 1 is 1.07 bits per heavy atom. The summed E-state index contributed by atoms with van der Waals surface area (Å²) in [6, 6.07) is 5.95. The first-order valence-corrected chi connectivity index (χ1v) is 4.45. The summed E-state index contributed by atoms with van der Waals surface area (Å²) in [6.45, 7) is 0. The highest BCUT2D eigenvalue weighted by Crippen LogP contribution is 1.95. The van der Waals surface area contributed by atoms with Gasteiger partial charge < -0.3 is 4.98 Å². The molecule has 2 rings (SSSR count). The van der Waals surface area contributed by atoms with Crippen LogP contribution in [0.1, 0.15) is 11.1 Å². The third-order valence-corrected chi connectivity index (χ3v) is 1.93. The Balaban J connectivity index is 2.22. The molecule has 0 unspecified atom stereocenters. The zero-order valence-corrected chi connectivity index (χ0v) is 7.99. The predicted octanol–water partition coefficient (Wildman–Crippen LogP) is 1.24. The summed E-state index contributed by atoms with van der Waals surface area (Å²) in [5.74, 6) is 6.16. The SMILES string of the molecule is C[n+]1ccc(C#Cc2cc[nH]c2)cc1. The number of H-pyrrole nitrogens is 1. The molecule has 2 heterocycles. The number of hydrogen-bond donors (Lipinski definition) is 1. The van der Waals surface area contributed by atoms with Gasteiger partial charge in [0.15, 0.2) is 12.4 Å². The van der Waals surface area contributed by atoms with Gasteiger partial charge in [-0.15, -0.1) is 0 Å². The van der Waals surface area contributed by atoms with E-state index >= 15 is 0 Å². The Kier molecular flexibility index (Phi) is 2.33. The number of nitrogens with zero attached hydrogens (tertiary/aromatic N) is 1. The summed E-state index contributed by atoms with van der Waals surface area (Å²) in [4.78, 5) is 2.97. The lowest BCUT2D eigenvalue weighted by Crippen LogP contribution is -2.25. The van der Waals surface area contributed by atoms with Gasteiger partial charge in [0, 0.05) is 35.7 Å². The van der Waals surface area contributed by atoms with Crippen LogP contribution in [0, 0.1) is 11.8 Å². The second-order valence-corrected chi connectivity index (χ2v) is 3.10. The summed E-state index contributed by atoms with van der Waals surface area (Å²) in [6.07, 6.45) is 7.73. The summed E-state index contributed by atoms with van der Waals surface area (Å²) >= 11 is 0. The number of nitrogens with one attached hydrogen (secondary N) is 1. The lowest BCUT2D eigenvalue weighted by atomic mass is 10.2. The van der Waals surface area contributed by atoms with Crippen molar-refractivity contribution in [2.45, 2.75) is 0 Å². The molecule has 2 heteroatoms. The van der Waals surface area contributed by atoms with Crippen LogP contribution in [0.15, 0.2) is 43.0 Å². The first-order valence-electron chi connectivity index (χ1n) is 4.45. The highest BCUT2D eigenvalue weighted by Gasteiger charge is 1.90. The lowest BCUT2D eigenvalue weighted by molar-refractivity contribution is -0.671. The second kappa shape index (κ2) is 3.80. The quantitative estimate of drug-likeness (QED) is 0.468. The van der Waals surface area contributed by atoms with Gasteiger partial charge >= 0.3 is 0 Å². The average molecular weight is 183 g/mol. The molecule has 2 aromatic heterocycles. The van der Waals surface area contributed by atoms with Gasteiger partial charge in [-0.3, -0.25) is 0 Å². The molecule has 0 aliphatic rings. The van der Waals surface area contributed by atoms with E-state index in [0.717, 1.165) is 11.1 Å². The molecule has 0 amide bonds. The highest BCUT2D eigenvalue weighted by molar-refractivity contribution is 5.40. The Hall–Kier alpha value is -2.01. The van der Waals surface area contributed by atoms with Crippen LogP contribution in [-0.2, 0) is 7.05 Å².